The lowest BCUT2D eigenvalue weighted by Gasteiger charge is -2.22. The SMILES string of the molecule is CC(C)c1c(C2C=CC=C2)ccc2ccc3c(c12)-c1c(ccc2ccccc12)C3. The fraction of sp³-hybridized carbons (Fsp3) is 0.172. The predicted octanol–water partition coefficient (Wildman–Crippen LogP) is 7.90. The Morgan fingerprint density at radius 1 is 0.724 bits per heavy atom. The van der Waals surface area contributed by atoms with Gasteiger partial charge in [-0.25, -0.2) is 0 Å². The fourth-order valence-corrected chi connectivity index (χ4v) is 5.45. The van der Waals surface area contributed by atoms with Gasteiger partial charge in [0.2, 0.25) is 0 Å². The van der Waals surface area contributed by atoms with Gasteiger partial charge < -0.3 is 0 Å². The maximum atomic E-state index is 2.35. The molecule has 0 bridgehead atoms. The number of allylic oxidation sites excluding steroid dienone is 4. The lowest BCUT2D eigenvalue weighted by molar-refractivity contribution is 0.850. The molecule has 0 saturated carbocycles. The summed E-state index contributed by atoms with van der Waals surface area (Å²) in [6.45, 7) is 4.69. The summed E-state index contributed by atoms with van der Waals surface area (Å²) >= 11 is 0. The zero-order valence-corrected chi connectivity index (χ0v) is 16.9. The molecule has 0 radical (unpaired) electrons. The first kappa shape index (κ1) is 16.8. The molecule has 0 fully saturated rings. The van der Waals surface area contributed by atoms with E-state index in [1.54, 1.807) is 0 Å². The molecule has 2 aliphatic carbocycles. The van der Waals surface area contributed by atoms with Gasteiger partial charge in [-0.1, -0.05) is 98.8 Å². The quantitative estimate of drug-likeness (QED) is 0.295. The van der Waals surface area contributed by atoms with Crippen molar-refractivity contribution >= 4 is 21.5 Å². The maximum Gasteiger partial charge on any atom is 0.0207 e. The summed E-state index contributed by atoms with van der Waals surface area (Å²) in [6.07, 6.45) is 10.0. The Labute approximate surface area is 172 Å². The Hall–Kier alpha value is -3.12. The number of hydrogen-bond donors (Lipinski definition) is 0. The van der Waals surface area contributed by atoms with E-state index in [2.05, 4.69) is 98.8 Å². The zero-order chi connectivity index (χ0) is 19.5. The summed E-state index contributed by atoms with van der Waals surface area (Å²) in [6, 6.07) is 22.8. The van der Waals surface area contributed by atoms with E-state index in [0.717, 1.165) is 6.42 Å². The molecule has 0 saturated heterocycles. The molecule has 0 heteroatoms. The molecule has 0 N–H and O–H groups in total. The van der Waals surface area contributed by atoms with Gasteiger partial charge in [0.25, 0.3) is 0 Å². The second-order valence-electron chi connectivity index (χ2n) is 8.71. The highest BCUT2D eigenvalue weighted by Gasteiger charge is 2.26. The summed E-state index contributed by atoms with van der Waals surface area (Å²) < 4.78 is 0. The van der Waals surface area contributed by atoms with Crippen LogP contribution in [0.25, 0.3) is 32.7 Å². The lowest BCUT2D eigenvalue weighted by Crippen LogP contribution is -2.02. The van der Waals surface area contributed by atoms with Gasteiger partial charge in [-0.2, -0.15) is 0 Å². The Balaban J connectivity index is 1.77. The van der Waals surface area contributed by atoms with E-state index in [1.165, 1.54) is 54.9 Å². The molecule has 0 heterocycles. The monoisotopic (exact) mass is 372 g/mol. The topological polar surface area (TPSA) is 0 Å². The highest BCUT2D eigenvalue weighted by Crippen LogP contribution is 2.48. The molecule has 4 aromatic carbocycles. The van der Waals surface area contributed by atoms with E-state index < -0.39 is 0 Å². The van der Waals surface area contributed by atoms with Gasteiger partial charge in [-0.05, 0) is 67.3 Å². The van der Waals surface area contributed by atoms with Gasteiger partial charge in [0, 0.05) is 5.92 Å². The molecule has 0 aromatic heterocycles. The molecule has 0 spiro atoms. The minimum atomic E-state index is 0.390. The van der Waals surface area contributed by atoms with Gasteiger partial charge in [0.1, 0.15) is 0 Å². The minimum Gasteiger partial charge on any atom is -0.0732 e. The maximum absolute atomic E-state index is 2.35. The number of benzene rings is 4. The van der Waals surface area contributed by atoms with Crippen LogP contribution in [0.3, 0.4) is 0 Å². The molecular formula is C29H24. The Bertz CT molecular complexity index is 1340. The van der Waals surface area contributed by atoms with E-state index in [4.69, 9.17) is 0 Å². The largest absolute Gasteiger partial charge is 0.0732 e. The van der Waals surface area contributed by atoms with Gasteiger partial charge in [-0.3, -0.25) is 0 Å². The van der Waals surface area contributed by atoms with Crippen molar-refractivity contribution in [1.29, 1.82) is 0 Å². The first-order valence-corrected chi connectivity index (χ1v) is 10.7. The van der Waals surface area contributed by atoms with E-state index in [1.807, 2.05) is 0 Å². The van der Waals surface area contributed by atoms with Gasteiger partial charge in [-0.15, -0.1) is 0 Å². The third kappa shape index (κ3) is 2.39. The van der Waals surface area contributed by atoms with Crippen LogP contribution in [-0.4, -0.2) is 0 Å². The molecule has 4 aromatic rings. The van der Waals surface area contributed by atoms with Crippen LogP contribution in [0.15, 0.2) is 85.0 Å². The van der Waals surface area contributed by atoms with E-state index in [-0.39, 0.29) is 0 Å². The van der Waals surface area contributed by atoms with Crippen molar-refractivity contribution < 1.29 is 0 Å². The van der Waals surface area contributed by atoms with Crippen LogP contribution in [0.2, 0.25) is 0 Å². The lowest BCUT2D eigenvalue weighted by atomic mass is 9.82. The summed E-state index contributed by atoms with van der Waals surface area (Å²) in [5, 5.41) is 5.55. The summed E-state index contributed by atoms with van der Waals surface area (Å²) in [5.74, 6) is 0.864. The van der Waals surface area contributed by atoms with Crippen LogP contribution < -0.4 is 0 Å². The molecule has 0 nitrogen and oxygen atoms in total. The molecule has 140 valence electrons. The fourth-order valence-electron chi connectivity index (χ4n) is 5.45. The molecule has 29 heavy (non-hydrogen) atoms. The molecule has 0 unspecified atom stereocenters. The second kappa shape index (κ2) is 6.19. The van der Waals surface area contributed by atoms with Crippen molar-refractivity contribution in [3.8, 4) is 11.1 Å². The molecule has 0 amide bonds. The molecule has 2 aliphatic rings. The summed E-state index contributed by atoms with van der Waals surface area (Å²) in [7, 11) is 0. The van der Waals surface area contributed by atoms with E-state index in [0.29, 0.717) is 11.8 Å². The zero-order valence-electron chi connectivity index (χ0n) is 16.9. The van der Waals surface area contributed by atoms with Crippen molar-refractivity contribution in [1.82, 2.24) is 0 Å². The van der Waals surface area contributed by atoms with Crippen LogP contribution >= 0.6 is 0 Å². The van der Waals surface area contributed by atoms with Crippen molar-refractivity contribution in [3.63, 3.8) is 0 Å². The standard InChI is InChI=1S/C29H24/c1-18(2)26-25(19-7-3-4-8-19)16-15-21-12-14-23-17-22-13-11-20-9-5-6-10-24(20)27(22)29(23)28(21)26/h3-16,18-19H,17H2,1-2H3. The average Bonchev–Trinajstić information content (AvgIpc) is 3.40. The van der Waals surface area contributed by atoms with Crippen molar-refractivity contribution in [3.05, 3.63) is 107 Å². The van der Waals surface area contributed by atoms with Crippen molar-refractivity contribution in [2.75, 3.05) is 0 Å². The van der Waals surface area contributed by atoms with Crippen molar-refractivity contribution in [2.24, 2.45) is 0 Å². The average molecular weight is 373 g/mol. The third-order valence-electron chi connectivity index (χ3n) is 6.68. The van der Waals surface area contributed by atoms with Crippen LogP contribution in [0.1, 0.15) is 47.9 Å². The van der Waals surface area contributed by atoms with Crippen LogP contribution in [0.4, 0.5) is 0 Å². The normalized spacial score (nSPS) is 15.0. The number of hydrogen-bond acceptors (Lipinski definition) is 0. The van der Waals surface area contributed by atoms with Crippen LogP contribution in [-0.2, 0) is 6.42 Å². The first-order chi connectivity index (χ1) is 14.2. The molecular weight excluding hydrogens is 348 g/mol. The second-order valence-corrected chi connectivity index (χ2v) is 8.71. The summed E-state index contributed by atoms with van der Waals surface area (Å²) in [4.78, 5) is 0. The van der Waals surface area contributed by atoms with Gasteiger partial charge in [0.15, 0.2) is 0 Å². The van der Waals surface area contributed by atoms with Gasteiger partial charge in [0.05, 0.1) is 0 Å². The highest BCUT2D eigenvalue weighted by molar-refractivity contribution is 6.11. The molecule has 0 atom stereocenters. The van der Waals surface area contributed by atoms with E-state index >= 15 is 0 Å². The minimum absolute atomic E-state index is 0.390. The number of fused-ring (bicyclic) bond motifs is 7. The molecule has 6 rings (SSSR count). The Morgan fingerprint density at radius 2 is 1.41 bits per heavy atom. The van der Waals surface area contributed by atoms with Crippen LogP contribution in [0, 0.1) is 0 Å². The van der Waals surface area contributed by atoms with Gasteiger partial charge >= 0.3 is 0 Å². The first-order valence-electron chi connectivity index (χ1n) is 10.7. The number of rotatable bonds is 2. The highest BCUT2D eigenvalue weighted by atomic mass is 14.3. The van der Waals surface area contributed by atoms with E-state index in [9.17, 15) is 0 Å². The van der Waals surface area contributed by atoms with Crippen molar-refractivity contribution in [2.45, 2.75) is 32.1 Å². The Kier molecular flexibility index (Phi) is 3.59. The van der Waals surface area contributed by atoms with Crippen LogP contribution in [0.5, 0.6) is 0 Å². The molecule has 0 aliphatic heterocycles. The summed E-state index contributed by atoms with van der Waals surface area (Å²) in [5.41, 5.74) is 8.85. The smallest absolute Gasteiger partial charge is 0.0207 e. The predicted molar refractivity (Wildman–Crippen MR) is 125 cm³/mol. The third-order valence-corrected chi connectivity index (χ3v) is 6.68. The Morgan fingerprint density at radius 3 is 2.21 bits per heavy atom.